The summed E-state index contributed by atoms with van der Waals surface area (Å²) in [7, 11) is 0. The molecule has 0 aliphatic heterocycles. The van der Waals surface area contributed by atoms with Gasteiger partial charge in [0.15, 0.2) is 0 Å². The fourth-order valence-electron chi connectivity index (χ4n) is 1.81. The summed E-state index contributed by atoms with van der Waals surface area (Å²) in [5, 5.41) is 0. The molecule has 3 aromatic carbocycles. The summed E-state index contributed by atoms with van der Waals surface area (Å²) < 4.78 is 0. The summed E-state index contributed by atoms with van der Waals surface area (Å²) in [6.07, 6.45) is 2.28. The second kappa shape index (κ2) is 22.7. The van der Waals surface area contributed by atoms with Gasteiger partial charge in [0.25, 0.3) is 0 Å². The summed E-state index contributed by atoms with van der Waals surface area (Å²) in [6, 6.07) is 32.9. The van der Waals surface area contributed by atoms with Gasteiger partial charge in [0.2, 0.25) is 0 Å². The fourth-order valence-corrected chi connectivity index (χ4v) is 1.81. The van der Waals surface area contributed by atoms with Crippen molar-refractivity contribution in [2.75, 3.05) is 0 Å². The maximum Gasteiger partial charge on any atom is -0.0307 e. The van der Waals surface area contributed by atoms with E-state index < -0.39 is 0 Å². The van der Waals surface area contributed by atoms with Crippen molar-refractivity contribution < 1.29 is 0 Å². The molecule has 0 saturated carbocycles. The van der Waals surface area contributed by atoms with E-state index in [1.54, 1.807) is 0 Å². The molecule has 0 radical (unpaired) electrons. The first-order valence-electron chi connectivity index (χ1n) is 9.94. The lowest BCUT2D eigenvalue weighted by Crippen LogP contribution is -1.73. The predicted octanol–water partition coefficient (Wildman–Crippen LogP) is 8.24. The summed E-state index contributed by atoms with van der Waals surface area (Å²) >= 11 is 0. The van der Waals surface area contributed by atoms with Crippen LogP contribution < -0.4 is 0 Å². The molecule has 0 fully saturated rings. The van der Waals surface area contributed by atoms with Crippen LogP contribution in [-0.2, 0) is 12.8 Å². The Balaban J connectivity index is 0. The van der Waals surface area contributed by atoms with Crippen molar-refractivity contribution in [3.8, 4) is 0 Å². The van der Waals surface area contributed by atoms with Crippen LogP contribution in [0.4, 0.5) is 0 Å². The largest absolute Gasteiger partial charge is 0.0683 e. The highest BCUT2D eigenvalue weighted by Crippen LogP contribution is 1.97. The Bertz CT molecular complexity index is 490. The molecule has 3 aromatic rings. The van der Waals surface area contributed by atoms with Crippen LogP contribution in [0.3, 0.4) is 0 Å². The van der Waals surface area contributed by atoms with E-state index >= 15 is 0 Å². The number of aryl methyl sites for hydroxylation is 2. The molecule has 0 unspecified atom stereocenters. The number of hydrogen-bond acceptors (Lipinski definition) is 0. The predicted molar refractivity (Wildman–Crippen MR) is 121 cm³/mol. The lowest BCUT2D eigenvalue weighted by atomic mass is 10.2. The molecule has 0 aliphatic carbocycles. The molecule has 0 amide bonds. The molecular formula is C26H38. The van der Waals surface area contributed by atoms with Gasteiger partial charge < -0.3 is 0 Å². The molecule has 0 heteroatoms. The van der Waals surface area contributed by atoms with Crippen LogP contribution in [0.5, 0.6) is 0 Å². The quantitative estimate of drug-likeness (QED) is 0.436. The van der Waals surface area contributed by atoms with E-state index in [2.05, 4.69) is 62.4 Å². The van der Waals surface area contributed by atoms with Crippen LogP contribution in [-0.4, -0.2) is 0 Å². The molecule has 0 spiro atoms. The van der Waals surface area contributed by atoms with E-state index in [1.807, 2.05) is 76.2 Å². The zero-order valence-corrected chi connectivity index (χ0v) is 17.7. The molecular weight excluding hydrogens is 312 g/mol. The van der Waals surface area contributed by atoms with E-state index in [4.69, 9.17) is 0 Å². The Kier molecular flexibility index (Phi) is 22.6. The molecule has 0 atom stereocenters. The van der Waals surface area contributed by atoms with Crippen molar-refractivity contribution in [3.63, 3.8) is 0 Å². The van der Waals surface area contributed by atoms with Crippen molar-refractivity contribution >= 4 is 0 Å². The summed E-state index contributed by atoms with van der Waals surface area (Å²) in [6.45, 7) is 12.3. The van der Waals surface area contributed by atoms with Crippen LogP contribution in [0, 0.1) is 0 Å². The van der Waals surface area contributed by atoms with E-state index in [0.717, 1.165) is 12.8 Å². The van der Waals surface area contributed by atoms with Crippen LogP contribution >= 0.6 is 0 Å². The first kappa shape index (κ1) is 25.9. The summed E-state index contributed by atoms with van der Waals surface area (Å²) in [4.78, 5) is 0. The Morgan fingerprint density at radius 2 is 0.577 bits per heavy atom. The molecule has 142 valence electrons. The highest BCUT2D eigenvalue weighted by molar-refractivity contribution is 5.14. The normalized spacial score (nSPS) is 7.92. The third-order valence-electron chi connectivity index (χ3n) is 3.17. The lowest BCUT2D eigenvalue weighted by molar-refractivity contribution is 1.14. The highest BCUT2D eigenvalue weighted by Gasteiger charge is 1.80. The van der Waals surface area contributed by atoms with Crippen molar-refractivity contribution in [2.24, 2.45) is 0 Å². The number of benzene rings is 3. The molecule has 0 aliphatic rings. The molecule has 0 nitrogen and oxygen atoms in total. The van der Waals surface area contributed by atoms with Crippen LogP contribution in [0.25, 0.3) is 0 Å². The third-order valence-corrected chi connectivity index (χ3v) is 3.17. The number of hydrogen-bond donors (Lipinski definition) is 0. The van der Waals surface area contributed by atoms with Crippen LogP contribution in [0.15, 0.2) is 97.1 Å². The summed E-state index contributed by atoms with van der Waals surface area (Å²) in [5.74, 6) is 0. The minimum atomic E-state index is 1.14. The standard InChI is InChI=1S/2C8H10.C6H6.2C2H6/c2*1-2-8-6-4-3-5-7-8;1-2-4-6-5-3-1;2*1-2/h2*3-7H,2H2,1H3;1-6H;2*1-2H3. The average Bonchev–Trinajstić information content (AvgIpc) is 2.79. The van der Waals surface area contributed by atoms with Gasteiger partial charge >= 0.3 is 0 Å². The Morgan fingerprint density at radius 3 is 0.731 bits per heavy atom. The highest BCUT2D eigenvalue weighted by atomic mass is 13.9. The average molecular weight is 351 g/mol. The van der Waals surface area contributed by atoms with Gasteiger partial charge in [0.1, 0.15) is 0 Å². The topological polar surface area (TPSA) is 0 Å². The fraction of sp³-hybridized carbons (Fsp3) is 0.308. The van der Waals surface area contributed by atoms with Gasteiger partial charge in [-0.25, -0.2) is 0 Å². The summed E-state index contributed by atoms with van der Waals surface area (Å²) in [5.41, 5.74) is 2.82. The van der Waals surface area contributed by atoms with Crippen molar-refractivity contribution in [1.29, 1.82) is 0 Å². The zero-order valence-electron chi connectivity index (χ0n) is 17.7. The van der Waals surface area contributed by atoms with Crippen LogP contribution in [0.2, 0.25) is 0 Å². The Hall–Kier alpha value is -2.34. The molecule has 0 aromatic heterocycles. The molecule has 3 rings (SSSR count). The second-order valence-corrected chi connectivity index (χ2v) is 4.83. The number of rotatable bonds is 2. The van der Waals surface area contributed by atoms with Crippen molar-refractivity contribution in [2.45, 2.75) is 54.4 Å². The van der Waals surface area contributed by atoms with Gasteiger partial charge in [-0.1, -0.05) is 139 Å². The first-order valence-corrected chi connectivity index (χ1v) is 9.94. The Labute approximate surface area is 162 Å². The van der Waals surface area contributed by atoms with E-state index in [0.29, 0.717) is 0 Å². The second-order valence-electron chi connectivity index (χ2n) is 4.83. The van der Waals surface area contributed by atoms with Crippen LogP contribution in [0.1, 0.15) is 52.7 Å². The molecule has 0 bridgehead atoms. The molecule has 0 saturated heterocycles. The first-order chi connectivity index (χ1) is 12.9. The maximum absolute atomic E-state index is 2.16. The van der Waals surface area contributed by atoms with Crippen molar-refractivity contribution in [3.05, 3.63) is 108 Å². The van der Waals surface area contributed by atoms with E-state index in [-0.39, 0.29) is 0 Å². The van der Waals surface area contributed by atoms with E-state index in [1.165, 1.54) is 11.1 Å². The SMILES string of the molecule is CC.CC.CCc1ccccc1.CCc1ccccc1.c1ccccc1. The van der Waals surface area contributed by atoms with Crippen molar-refractivity contribution in [1.82, 2.24) is 0 Å². The van der Waals surface area contributed by atoms with Gasteiger partial charge in [-0.15, -0.1) is 0 Å². The minimum Gasteiger partial charge on any atom is -0.0683 e. The Morgan fingerprint density at radius 1 is 0.385 bits per heavy atom. The lowest BCUT2D eigenvalue weighted by Gasteiger charge is -1.89. The smallest absolute Gasteiger partial charge is 0.0307 e. The molecule has 26 heavy (non-hydrogen) atoms. The van der Waals surface area contributed by atoms with Gasteiger partial charge in [-0.3, -0.25) is 0 Å². The van der Waals surface area contributed by atoms with Gasteiger partial charge in [0.05, 0.1) is 0 Å². The van der Waals surface area contributed by atoms with E-state index in [9.17, 15) is 0 Å². The van der Waals surface area contributed by atoms with Gasteiger partial charge in [-0.05, 0) is 24.0 Å². The molecule has 0 N–H and O–H groups in total. The minimum absolute atomic E-state index is 1.14. The van der Waals surface area contributed by atoms with Gasteiger partial charge in [0, 0.05) is 0 Å². The van der Waals surface area contributed by atoms with Gasteiger partial charge in [-0.2, -0.15) is 0 Å². The molecule has 0 heterocycles. The zero-order chi connectivity index (χ0) is 19.9. The monoisotopic (exact) mass is 350 g/mol. The third kappa shape index (κ3) is 16.5. The maximum atomic E-state index is 2.16.